The Bertz CT molecular complexity index is 867. The first-order chi connectivity index (χ1) is 12.6. The topological polar surface area (TPSA) is 41.4 Å². The molecule has 1 aromatic heterocycles. The van der Waals surface area contributed by atoms with Gasteiger partial charge in [-0.15, -0.1) is 0 Å². The van der Waals surface area contributed by atoms with E-state index in [2.05, 4.69) is 28.8 Å². The Balaban J connectivity index is 1.63. The molecule has 26 heavy (non-hydrogen) atoms. The molecule has 2 heterocycles. The number of aromatic nitrogens is 2. The summed E-state index contributed by atoms with van der Waals surface area (Å²) in [5, 5.41) is 0.0919. The van der Waals surface area contributed by atoms with Gasteiger partial charge in [-0.05, 0) is 30.9 Å². The Morgan fingerprint density at radius 1 is 1.23 bits per heavy atom. The predicted molar refractivity (Wildman–Crippen MR) is 103 cm³/mol. The lowest BCUT2D eigenvalue weighted by Gasteiger charge is -2.36. The van der Waals surface area contributed by atoms with Crippen LogP contribution in [0.3, 0.4) is 0 Å². The molecule has 0 amide bonds. The van der Waals surface area contributed by atoms with Gasteiger partial charge < -0.3 is 4.90 Å². The molecule has 2 aliphatic rings. The van der Waals surface area contributed by atoms with Crippen molar-refractivity contribution < 1.29 is 4.39 Å². The van der Waals surface area contributed by atoms with Crippen molar-refractivity contribution in [1.29, 1.82) is 0 Å². The molecule has 136 valence electrons. The quantitative estimate of drug-likeness (QED) is 0.788. The van der Waals surface area contributed by atoms with Crippen molar-refractivity contribution in [3.8, 4) is 0 Å². The maximum absolute atomic E-state index is 14.4. The van der Waals surface area contributed by atoms with E-state index >= 15 is 0 Å². The van der Waals surface area contributed by atoms with Crippen molar-refractivity contribution in [1.82, 2.24) is 9.97 Å². The van der Waals surface area contributed by atoms with Crippen LogP contribution in [0.15, 0.2) is 29.4 Å². The summed E-state index contributed by atoms with van der Waals surface area (Å²) >= 11 is 5.91. The van der Waals surface area contributed by atoms with Crippen LogP contribution in [0.25, 0.3) is 0 Å². The molecule has 0 radical (unpaired) electrons. The van der Waals surface area contributed by atoms with Gasteiger partial charge in [0.05, 0.1) is 29.2 Å². The molecule has 1 fully saturated rings. The lowest BCUT2D eigenvalue weighted by molar-refractivity contribution is 0.320. The van der Waals surface area contributed by atoms with E-state index < -0.39 is 5.82 Å². The summed E-state index contributed by atoms with van der Waals surface area (Å²) in [5.74, 6) is 1.06. The minimum absolute atomic E-state index is 0.0919. The van der Waals surface area contributed by atoms with E-state index in [9.17, 15) is 4.39 Å². The third-order valence-corrected chi connectivity index (χ3v) is 5.87. The number of aliphatic imine (C=N–C) groups is 1. The molecule has 1 aromatic carbocycles. The third kappa shape index (κ3) is 2.98. The fourth-order valence-electron chi connectivity index (χ4n) is 4.07. The summed E-state index contributed by atoms with van der Waals surface area (Å²) < 4.78 is 14.4. The second-order valence-electron chi connectivity index (χ2n) is 7.23. The second kappa shape index (κ2) is 6.95. The summed E-state index contributed by atoms with van der Waals surface area (Å²) in [6, 6.07) is 5.43. The maximum Gasteiger partial charge on any atom is 0.151 e. The van der Waals surface area contributed by atoms with Gasteiger partial charge >= 0.3 is 0 Å². The van der Waals surface area contributed by atoms with Crippen LogP contribution in [0.1, 0.15) is 49.6 Å². The van der Waals surface area contributed by atoms with Gasteiger partial charge in [0.1, 0.15) is 11.5 Å². The van der Waals surface area contributed by atoms with Crippen LogP contribution in [0.2, 0.25) is 5.02 Å². The fraction of sp³-hybridized carbons (Fsp3) is 0.450. The molecule has 0 bridgehead atoms. The second-order valence-corrected chi connectivity index (χ2v) is 7.64. The van der Waals surface area contributed by atoms with Gasteiger partial charge in [-0.25, -0.2) is 14.4 Å². The number of hydrogen-bond donors (Lipinski definition) is 0. The Labute approximate surface area is 158 Å². The van der Waals surface area contributed by atoms with Gasteiger partial charge in [0.15, 0.2) is 5.82 Å². The van der Waals surface area contributed by atoms with Crippen LogP contribution in [0, 0.1) is 11.7 Å². The van der Waals surface area contributed by atoms with Crippen molar-refractivity contribution in [3.05, 3.63) is 52.2 Å². The summed E-state index contributed by atoms with van der Waals surface area (Å²) in [5.41, 5.74) is 2.37. The van der Waals surface area contributed by atoms with Crippen LogP contribution < -0.4 is 4.90 Å². The first kappa shape index (κ1) is 17.4. The maximum atomic E-state index is 14.4. The van der Waals surface area contributed by atoms with Crippen molar-refractivity contribution in [2.75, 3.05) is 11.9 Å². The minimum atomic E-state index is -0.459. The molecule has 0 saturated heterocycles. The Morgan fingerprint density at radius 3 is 2.85 bits per heavy atom. The van der Waals surface area contributed by atoms with E-state index in [4.69, 9.17) is 16.6 Å². The average Bonchev–Trinajstić information content (AvgIpc) is 3.07. The largest absolute Gasteiger partial charge is 0.355 e. The number of rotatable bonds is 3. The standard InChI is InChI=1S/C20H22ClFN4/c1-12-6-3-4-9-16(12)26(2)17-11-24-20-15(25-17)10-23-19(20)13-7-5-8-14(21)18(13)22/h5,7-8,11-12,16H,3-4,6,9-10H2,1-2H3/t12-,16-/m0/s1. The van der Waals surface area contributed by atoms with Gasteiger partial charge in [0.25, 0.3) is 0 Å². The van der Waals surface area contributed by atoms with E-state index in [1.54, 1.807) is 18.3 Å². The van der Waals surface area contributed by atoms with Crippen LogP contribution in [0.4, 0.5) is 10.2 Å². The van der Waals surface area contributed by atoms with Crippen molar-refractivity contribution >= 4 is 23.1 Å². The molecule has 6 heteroatoms. The van der Waals surface area contributed by atoms with Gasteiger partial charge in [-0.3, -0.25) is 4.99 Å². The van der Waals surface area contributed by atoms with E-state index in [-0.39, 0.29) is 5.02 Å². The predicted octanol–water partition coefficient (Wildman–Crippen LogP) is 4.64. The highest BCUT2D eigenvalue weighted by Crippen LogP contribution is 2.31. The van der Waals surface area contributed by atoms with Crippen molar-refractivity contribution in [2.45, 2.75) is 45.2 Å². The molecule has 1 aliphatic carbocycles. The summed E-state index contributed by atoms with van der Waals surface area (Å²) in [7, 11) is 2.09. The molecule has 0 unspecified atom stereocenters. The highest BCUT2D eigenvalue weighted by atomic mass is 35.5. The molecule has 0 N–H and O–H groups in total. The van der Waals surface area contributed by atoms with Crippen molar-refractivity contribution in [3.63, 3.8) is 0 Å². The molecule has 1 aliphatic heterocycles. The number of anilines is 1. The van der Waals surface area contributed by atoms with Gasteiger partial charge in [-0.2, -0.15) is 0 Å². The molecular weight excluding hydrogens is 351 g/mol. The van der Waals surface area contributed by atoms with Gasteiger partial charge in [0.2, 0.25) is 0 Å². The zero-order chi connectivity index (χ0) is 18.3. The molecule has 4 nitrogen and oxygen atoms in total. The van der Waals surface area contributed by atoms with Gasteiger partial charge in [-0.1, -0.05) is 37.4 Å². The Kier molecular flexibility index (Phi) is 4.65. The molecule has 2 atom stereocenters. The van der Waals surface area contributed by atoms with Gasteiger partial charge in [0, 0.05) is 18.7 Å². The molecule has 2 aromatic rings. The smallest absolute Gasteiger partial charge is 0.151 e. The SMILES string of the molecule is C[C@H]1CCCC[C@@H]1N(C)c1cnc2c(n1)CN=C2c1cccc(Cl)c1F. The normalized spacial score (nSPS) is 22.1. The first-order valence-electron chi connectivity index (χ1n) is 9.14. The van der Waals surface area contributed by atoms with E-state index in [0.717, 1.165) is 11.5 Å². The summed E-state index contributed by atoms with van der Waals surface area (Å²) in [6.07, 6.45) is 6.80. The van der Waals surface area contributed by atoms with E-state index in [1.807, 2.05) is 0 Å². The average molecular weight is 373 g/mol. The zero-order valence-electron chi connectivity index (χ0n) is 15.0. The Hall–Kier alpha value is -2.01. The zero-order valence-corrected chi connectivity index (χ0v) is 15.8. The highest BCUT2D eigenvalue weighted by molar-refractivity contribution is 6.31. The van der Waals surface area contributed by atoms with Crippen LogP contribution in [0.5, 0.6) is 0 Å². The number of halogens is 2. The Morgan fingerprint density at radius 2 is 2.04 bits per heavy atom. The first-order valence-corrected chi connectivity index (χ1v) is 9.52. The molecule has 0 spiro atoms. The van der Waals surface area contributed by atoms with Crippen LogP contribution in [-0.2, 0) is 6.54 Å². The van der Waals surface area contributed by atoms with Crippen molar-refractivity contribution in [2.24, 2.45) is 10.9 Å². The van der Waals surface area contributed by atoms with Crippen LogP contribution in [-0.4, -0.2) is 28.8 Å². The number of hydrogen-bond acceptors (Lipinski definition) is 4. The monoisotopic (exact) mass is 372 g/mol. The van der Waals surface area contributed by atoms with E-state index in [0.29, 0.717) is 35.5 Å². The van der Waals surface area contributed by atoms with Crippen LogP contribution >= 0.6 is 11.6 Å². The molecule has 4 rings (SSSR count). The minimum Gasteiger partial charge on any atom is -0.355 e. The number of benzene rings is 1. The lowest BCUT2D eigenvalue weighted by atomic mass is 9.85. The lowest BCUT2D eigenvalue weighted by Crippen LogP contribution is -2.39. The summed E-state index contributed by atoms with van der Waals surface area (Å²) in [6.45, 7) is 2.73. The third-order valence-electron chi connectivity index (χ3n) is 5.57. The fourth-order valence-corrected chi connectivity index (χ4v) is 4.24. The molecular formula is C20H22ClFN4. The number of fused-ring (bicyclic) bond motifs is 1. The summed E-state index contributed by atoms with van der Waals surface area (Å²) in [4.78, 5) is 16.1. The number of nitrogens with zero attached hydrogens (tertiary/aromatic N) is 4. The highest BCUT2D eigenvalue weighted by Gasteiger charge is 2.28. The van der Waals surface area contributed by atoms with E-state index in [1.165, 1.54) is 31.7 Å². The molecule has 1 saturated carbocycles.